The number of rotatable bonds is 2. The van der Waals surface area contributed by atoms with Crippen LogP contribution in [0, 0.1) is 0 Å². The van der Waals surface area contributed by atoms with Crippen LogP contribution in [-0.4, -0.2) is 53.5 Å². The molecule has 3 heterocycles. The number of sulfonamides is 1. The topological polar surface area (TPSA) is 57.9 Å². The van der Waals surface area contributed by atoms with Crippen LogP contribution in [0.15, 0.2) is 24.7 Å². The van der Waals surface area contributed by atoms with Gasteiger partial charge in [-0.1, -0.05) is 0 Å². The van der Waals surface area contributed by atoms with Crippen LogP contribution in [-0.2, 0) is 16.2 Å². The highest BCUT2D eigenvalue weighted by Crippen LogP contribution is 2.35. The van der Waals surface area contributed by atoms with Gasteiger partial charge in [0.25, 0.3) is 0 Å². The van der Waals surface area contributed by atoms with Gasteiger partial charge in [0.2, 0.25) is 10.0 Å². The number of anilines is 1. The molecule has 0 unspecified atom stereocenters. The molecule has 0 amide bonds. The van der Waals surface area contributed by atoms with Gasteiger partial charge in [-0.15, -0.1) is 0 Å². The Labute approximate surface area is 143 Å². The van der Waals surface area contributed by atoms with Crippen molar-refractivity contribution < 1.29 is 21.6 Å². The maximum atomic E-state index is 13.2. The number of hydrogen-bond acceptors (Lipinski definition) is 4. The zero-order valence-corrected chi connectivity index (χ0v) is 14.9. The second-order valence-electron chi connectivity index (χ2n) is 6.86. The van der Waals surface area contributed by atoms with Crippen LogP contribution < -0.4 is 4.90 Å². The number of fused-ring (bicyclic) bond motifs is 1. The highest BCUT2D eigenvalue weighted by Gasteiger charge is 2.40. The van der Waals surface area contributed by atoms with E-state index >= 15 is 0 Å². The van der Waals surface area contributed by atoms with Crippen LogP contribution in [0.3, 0.4) is 0 Å². The summed E-state index contributed by atoms with van der Waals surface area (Å²) in [6.45, 7) is 4.30. The fourth-order valence-electron chi connectivity index (χ4n) is 3.37. The largest absolute Gasteiger partial charge is 0.416 e. The molecule has 3 rings (SSSR count). The Balaban J connectivity index is 2.04. The zero-order chi connectivity index (χ0) is 18.6. The maximum absolute atomic E-state index is 13.2. The Morgan fingerprint density at radius 3 is 2.44 bits per heavy atom. The third-order valence-corrected chi connectivity index (χ3v) is 5.86. The molecule has 0 aliphatic carbocycles. The van der Waals surface area contributed by atoms with Gasteiger partial charge in [-0.25, -0.2) is 13.4 Å². The van der Waals surface area contributed by atoms with Crippen molar-refractivity contribution in [2.24, 2.45) is 0 Å². The van der Waals surface area contributed by atoms with Crippen LogP contribution >= 0.6 is 0 Å². The number of pyridine rings is 1. The van der Waals surface area contributed by atoms with Gasteiger partial charge in [-0.3, -0.25) is 4.40 Å². The molecule has 0 bridgehead atoms. The average molecular weight is 376 g/mol. The molecular weight excluding hydrogens is 357 g/mol. The first-order valence-electron chi connectivity index (χ1n) is 7.66. The van der Waals surface area contributed by atoms with E-state index in [2.05, 4.69) is 4.98 Å². The number of hydrogen-bond donors (Lipinski definition) is 0. The third-order valence-electron chi connectivity index (χ3n) is 4.38. The molecule has 0 spiro atoms. The van der Waals surface area contributed by atoms with Gasteiger partial charge in [-0.2, -0.15) is 17.5 Å². The second-order valence-corrected chi connectivity index (χ2v) is 8.76. The van der Waals surface area contributed by atoms with E-state index in [4.69, 9.17) is 0 Å². The molecule has 0 radical (unpaired) electrons. The van der Waals surface area contributed by atoms with E-state index in [1.807, 2.05) is 0 Å². The molecule has 25 heavy (non-hydrogen) atoms. The lowest BCUT2D eigenvalue weighted by Gasteiger charge is -2.46. The van der Waals surface area contributed by atoms with Gasteiger partial charge in [0.05, 0.1) is 23.5 Å². The summed E-state index contributed by atoms with van der Waals surface area (Å²) in [5, 5.41) is 0. The summed E-state index contributed by atoms with van der Waals surface area (Å²) < 4.78 is 66.5. The lowest BCUT2D eigenvalue weighted by molar-refractivity contribution is -0.137. The molecule has 6 nitrogen and oxygen atoms in total. The Kier molecular flexibility index (Phi) is 4.03. The van der Waals surface area contributed by atoms with E-state index in [0.717, 1.165) is 18.4 Å². The van der Waals surface area contributed by atoms with Crippen molar-refractivity contribution in [3.63, 3.8) is 0 Å². The molecule has 0 saturated carbocycles. The Bertz CT molecular complexity index is 905. The van der Waals surface area contributed by atoms with E-state index < -0.39 is 27.3 Å². The second kappa shape index (κ2) is 5.60. The zero-order valence-electron chi connectivity index (χ0n) is 14.1. The van der Waals surface area contributed by atoms with Gasteiger partial charge >= 0.3 is 6.18 Å². The third kappa shape index (κ3) is 3.32. The standard InChI is InChI=1S/C15H19F3N4O2S/c1-14(2)9-20(4-5-22(14)25(3,23)24)13-7-11(15(16,17)18)6-12-8-19-10-21(12)13/h6-8,10H,4-5,9H2,1-3H3. The van der Waals surface area contributed by atoms with Crippen LogP contribution in [0.1, 0.15) is 19.4 Å². The normalized spacial score (nSPS) is 19.5. The molecule has 1 aliphatic rings. The smallest absolute Gasteiger partial charge is 0.354 e. The molecule has 1 fully saturated rings. The fourth-order valence-corrected chi connectivity index (χ4v) is 4.74. The van der Waals surface area contributed by atoms with E-state index in [9.17, 15) is 21.6 Å². The first-order chi connectivity index (χ1) is 11.4. The minimum Gasteiger partial charge on any atom is -0.354 e. The first kappa shape index (κ1) is 18.0. The van der Waals surface area contributed by atoms with Crippen molar-refractivity contribution in [1.82, 2.24) is 13.7 Å². The van der Waals surface area contributed by atoms with Crippen LogP contribution in [0.25, 0.3) is 5.52 Å². The average Bonchev–Trinajstić information content (AvgIpc) is 2.90. The molecular formula is C15H19F3N4O2S. The van der Waals surface area contributed by atoms with Gasteiger partial charge in [0.15, 0.2) is 0 Å². The van der Waals surface area contributed by atoms with E-state index in [0.29, 0.717) is 17.9 Å². The first-order valence-corrected chi connectivity index (χ1v) is 9.50. The summed E-state index contributed by atoms with van der Waals surface area (Å²) in [5.74, 6) is 0.351. The van der Waals surface area contributed by atoms with Gasteiger partial charge in [0.1, 0.15) is 12.1 Å². The number of imidazole rings is 1. The Morgan fingerprint density at radius 2 is 1.88 bits per heavy atom. The van der Waals surface area contributed by atoms with Crippen molar-refractivity contribution in [1.29, 1.82) is 0 Å². The van der Waals surface area contributed by atoms with Crippen molar-refractivity contribution in [3.05, 3.63) is 30.2 Å². The molecule has 10 heteroatoms. The molecule has 1 aliphatic heterocycles. The molecule has 0 aromatic carbocycles. The predicted molar refractivity (Wildman–Crippen MR) is 88.0 cm³/mol. The van der Waals surface area contributed by atoms with Crippen LogP contribution in [0.4, 0.5) is 19.0 Å². The predicted octanol–water partition coefficient (Wildman–Crippen LogP) is 2.21. The van der Waals surface area contributed by atoms with Crippen molar-refractivity contribution in [2.75, 3.05) is 30.8 Å². The molecule has 138 valence electrons. The minimum absolute atomic E-state index is 0.207. The Morgan fingerprint density at radius 1 is 1.20 bits per heavy atom. The fraction of sp³-hybridized carbons (Fsp3) is 0.533. The van der Waals surface area contributed by atoms with Crippen molar-refractivity contribution in [3.8, 4) is 0 Å². The number of alkyl halides is 3. The number of halogens is 3. The summed E-state index contributed by atoms with van der Waals surface area (Å²) in [6, 6.07) is 2.13. The summed E-state index contributed by atoms with van der Waals surface area (Å²) in [5.41, 5.74) is -1.15. The summed E-state index contributed by atoms with van der Waals surface area (Å²) >= 11 is 0. The Hall–Kier alpha value is -1.81. The number of nitrogens with zero attached hydrogens (tertiary/aromatic N) is 4. The van der Waals surface area contributed by atoms with Crippen LogP contribution in [0.2, 0.25) is 0 Å². The lowest BCUT2D eigenvalue weighted by atomic mass is 10.0. The highest BCUT2D eigenvalue weighted by atomic mass is 32.2. The summed E-state index contributed by atoms with van der Waals surface area (Å²) in [7, 11) is -3.39. The quantitative estimate of drug-likeness (QED) is 0.807. The summed E-state index contributed by atoms with van der Waals surface area (Å²) in [4.78, 5) is 5.70. The van der Waals surface area contributed by atoms with E-state index in [1.165, 1.54) is 16.8 Å². The number of piperazine rings is 1. The molecule has 0 atom stereocenters. The summed E-state index contributed by atoms with van der Waals surface area (Å²) in [6.07, 6.45) is -0.495. The van der Waals surface area contributed by atoms with Gasteiger partial charge in [-0.05, 0) is 26.0 Å². The van der Waals surface area contributed by atoms with E-state index in [-0.39, 0.29) is 13.1 Å². The minimum atomic E-state index is -4.47. The highest BCUT2D eigenvalue weighted by molar-refractivity contribution is 7.88. The van der Waals surface area contributed by atoms with Crippen LogP contribution in [0.5, 0.6) is 0 Å². The van der Waals surface area contributed by atoms with Crippen molar-refractivity contribution >= 4 is 21.4 Å². The molecule has 1 saturated heterocycles. The molecule has 2 aromatic rings. The monoisotopic (exact) mass is 376 g/mol. The van der Waals surface area contributed by atoms with Crippen molar-refractivity contribution in [2.45, 2.75) is 25.6 Å². The SMILES string of the molecule is CC1(C)CN(c2cc(C(F)(F)F)cc3cncn23)CCN1S(C)(=O)=O. The molecule has 0 N–H and O–H groups in total. The maximum Gasteiger partial charge on any atom is 0.416 e. The van der Waals surface area contributed by atoms with E-state index in [1.54, 1.807) is 23.1 Å². The molecule has 2 aromatic heterocycles. The number of aromatic nitrogens is 2. The van der Waals surface area contributed by atoms with Gasteiger partial charge in [0, 0.05) is 25.2 Å². The lowest BCUT2D eigenvalue weighted by Crippen LogP contribution is -2.61. The van der Waals surface area contributed by atoms with Gasteiger partial charge < -0.3 is 4.90 Å².